The lowest BCUT2D eigenvalue weighted by atomic mass is 10.1. The van der Waals surface area contributed by atoms with Crippen molar-refractivity contribution in [2.24, 2.45) is 0 Å². The smallest absolute Gasteiger partial charge is 0.417 e. The Balaban J connectivity index is 3.24. The average molecular weight is 364 g/mol. The van der Waals surface area contributed by atoms with Crippen molar-refractivity contribution in [3.63, 3.8) is 0 Å². The van der Waals surface area contributed by atoms with Gasteiger partial charge in [-0.2, -0.15) is 23.2 Å². The third kappa shape index (κ3) is 4.94. The van der Waals surface area contributed by atoms with Crippen molar-refractivity contribution in [1.82, 2.24) is 4.72 Å². The number of alkyl halides is 3. The van der Waals surface area contributed by atoms with Gasteiger partial charge in [-0.05, 0) is 24.6 Å². The maximum atomic E-state index is 12.9. The number of nitrogens with one attached hydrogen (secondary N) is 1. The number of halogens is 3. The van der Waals surface area contributed by atoms with Crippen LogP contribution in [0.25, 0.3) is 0 Å². The fourth-order valence-electron chi connectivity index (χ4n) is 1.92. The SMILES string of the molecule is CCCC[C@H](NS(=O)(=O)c1ccc(C#N)c(C(F)(F)F)c1)C(=O)O. The first-order valence-electron chi connectivity index (χ1n) is 6.89. The number of hydrogen-bond donors (Lipinski definition) is 2. The fourth-order valence-corrected chi connectivity index (χ4v) is 3.17. The van der Waals surface area contributed by atoms with E-state index in [4.69, 9.17) is 10.4 Å². The number of nitriles is 1. The Morgan fingerprint density at radius 3 is 2.50 bits per heavy atom. The van der Waals surface area contributed by atoms with Crippen LogP contribution in [-0.4, -0.2) is 25.5 Å². The van der Waals surface area contributed by atoms with E-state index >= 15 is 0 Å². The molecule has 0 saturated carbocycles. The highest BCUT2D eigenvalue weighted by atomic mass is 32.2. The highest BCUT2D eigenvalue weighted by Crippen LogP contribution is 2.33. The standard InChI is InChI=1S/C14H15F3N2O4S/c1-2-3-4-12(13(20)21)19-24(22,23)10-6-5-9(8-18)11(7-10)14(15,16)17/h5-7,12,19H,2-4H2,1H3,(H,20,21)/t12-/m0/s1. The van der Waals surface area contributed by atoms with Crippen LogP contribution in [0.3, 0.4) is 0 Å². The molecule has 0 aliphatic heterocycles. The first kappa shape index (κ1) is 19.9. The zero-order valence-corrected chi connectivity index (χ0v) is 13.4. The summed E-state index contributed by atoms with van der Waals surface area (Å²) in [5.41, 5.74) is -2.12. The third-order valence-electron chi connectivity index (χ3n) is 3.17. The van der Waals surface area contributed by atoms with Gasteiger partial charge >= 0.3 is 12.1 Å². The molecule has 132 valence electrons. The number of sulfonamides is 1. The molecule has 0 unspecified atom stereocenters. The molecule has 0 spiro atoms. The van der Waals surface area contributed by atoms with E-state index in [1.807, 2.05) is 4.72 Å². The van der Waals surface area contributed by atoms with E-state index in [2.05, 4.69) is 0 Å². The van der Waals surface area contributed by atoms with Crippen LogP contribution in [0.2, 0.25) is 0 Å². The second-order valence-corrected chi connectivity index (χ2v) is 6.69. The number of rotatable bonds is 7. The number of nitrogens with zero attached hydrogens (tertiary/aromatic N) is 1. The fraction of sp³-hybridized carbons (Fsp3) is 0.429. The van der Waals surface area contributed by atoms with Gasteiger partial charge in [-0.15, -0.1) is 0 Å². The number of unbranched alkanes of at least 4 members (excludes halogenated alkanes) is 1. The highest BCUT2D eigenvalue weighted by Gasteiger charge is 2.35. The maximum absolute atomic E-state index is 12.9. The molecule has 10 heteroatoms. The number of benzene rings is 1. The Morgan fingerprint density at radius 2 is 2.04 bits per heavy atom. The summed E-state index contributed by atoms with van der Waals surface area (Å²) in [5, 5.41) is 17.7. The predicted molar refractivity (Wildman–Crippen MR) is 77.4 cm³/mol. The van der Waals surface area contributed by atoms with Crippen molar-refractivity contribution in [3.05, 3.63) is 29.3 Å². The second kappa shape index (κ2) is 7.63. The van der Waals surface area contributed by atoms with E-state index in [0.29, 0.717) is 18.9 Å². The molecule has 0 heterocycles. The molecule has 1 aromatic rings. The predicted octanol–water partition coefficient (Wildman–Crippen LogP) is 2.50. The molecular formula is C14H15F3N2O4S. The molecule has 6 nitrogen and oxygen atoms in total. The molecule has 24 heavy (non-hydrogen) atoms. The van der Waals surface area contributed by atoms with E-state index in [-0.39, 0.29) is 6.42 Å². The molecule has 0 radical (unpaired) electrons. The maximum Gasteiger partial charge on any atom is 0.417 e. The van der Waals surface area contributed by atoms with Crippen LogP contribution in [0, 0.1) is 11.3 Å². The third-order valence-corrected chi connectivity index (χ3v) is 4.64. The van der Waals surface area contributed by atoms with Crippen molar-refractivity contribution >= 4 is 16.0 Å². The summed E-state index contributed by atoms with van der Waals surface area (Å²) in [5.74, 6) is -1.42. The Bertz CT molecular complexity index is 754. The number of carboxylic acid groups (broad SMARTS) is 1. The minimum Gasteiger partial charge on any atom is -0.480 e. The van der Waals surface area contributed by atoms with Crippen LogP contribution < -0.4 is 4.72 Å². The van der Waals surface area contributed by atoms with Crippen molar-refractivity contribution in [2.45, 2.75) is 43.3 Å². The number of carboxylic acids is 1. The van der Waals surface area contributed by atoms with Crippen LogP contribution in [-0.2, 0) is 21.0 Å². The van der Waals surface area contributed by atoms with Gasteiger partial charge < -0.3 is 5.11 Å². The summed E-state index contributed by atoms with van der Waals surface area (Å²) in [4.78, 5) is 10.3. The van der Waals surface area contributed by atoms with Crippen LogP contribution in [0.5, 0.6) is 0 Å². The molecule has 1 aromatic carbocycles. The molecule has 0 saturated heterocycles. The highest BCUT2D eigenvalue weighted by molar-refractivity contribution is 7.89. The molecule has 1 atom stereocenters. The molecule has 1 rings (SSSR count). The zero-order chi connectivity index (χ0) is 18.5. The van der Waals surface area contributed by atoms with Crippen LogP contribution in [0.1, 0.15) is 37.3 Å². The van der Waals surface area contributed by atoms with Gasteiger partial charge in [-0.1, -0.05) is 19.8 Å². The number of carbonyl (C=O) groups is 1. The summed E-state index contributed by atoms with van der Waals surface area (Å²) in [6, 6.07) is 1.78. The lowest BCUT2D eigenvalue weighted by Crippen LogP contribution is -2.40. The van der Waals surface area contributed by atoms with Gasteiger partial charge in [-0.3, -0.25) is 4.79 Å². The summed E-state index contributed by atoms with van der Waals surface area (Å²) in [6.45, 7) is 1.78. The van der Waals surface area contributed by atoms with Crippen LogP contribution >= 0.6 is 0 Å². The Kier molecular flexibility index (Phi) is 6.34. The van der Waals surface area contributed by atoms with E-state index in [1.165, 1.54) is 6.07 Å². The van der Waals surface area contributed by atoms with Gasteiger partial charge in [0.05, 0.1) is 22.1 Å². The van der Waals surface area contributed by atoms with Crippen LogP contribution in [0.4, 0.5) is 13.2 Å². The van der Waals surface area contributed by atoms with Crippen molar-refractivity contribution in [2.75, 3.05) is 0 Å². The average Bonchev–Trinajstić information content (AvgIpc) is 2.49. The first-order chi connectivity index (χ1) is 11.0. The summed E-state index contributed by atoms with van der Waals surface area (Å²) < 4.78 is 64.9. The van der Waals surface area contributed by atoms with E-state index in [0.717, 1.165) is 12.1 Å². The lowest BCUT2D eigenvalue weighted by Gasteiger charge is -2.16. The van der Waals surface area contributed by atoms with Gasteiger partial charge in [0.25, 0.3) is 0 Å². The summed E-state index contributed by atoms with van der Waals surface area (Å²) >= 11 is 0. The van der Waals surface area contributed by atoms with Gasteiger partial charge in [0.1, 0.15) is 6.04 Å². The molecule has 0 bridgehead atoms. The first-order valence-corrected chi connectivity index (χ1v) is 8.37. The topological polar surface area (TPSA) is 107 Å². The van der Waals surface area contributed by atoms with E-state index in [9.17, 15) is 26.4 Å². The molecule has 0 fully saturated rings. The van der Waals surface area contributed by atoms with Gasteiger partial charge in [0.2, 0.25) is 10.0 Å². The van der Waals surface area contributed by atoms with Crippen molar-refractivity contribution in [3.8, 4) is 6.07 Å². The molecule has 2 N–H and O–H groups in total. The second-order valence-electron chi connectivity index (χ2n) is 4.97. The Labute approximate surface area is 137 Å². The Morgan fingerprint density at radius 1 is 1.42 bits per heavy atom. The summed E-state index contributed by atoms with van der Waals surface area (Å²) in [7, 11) is -4.48. The van der Waals surface area contributed by atoms with Crippen molar-refractivity contribution in [1.29, 1.82) is 5.26 Å². The normalized spacial score (nSPS) is 13.3. The molecule has 0 aliphatic carbocycles. The Hall–Kier alpha value is -2.12. The molecular weight excluding hydrogens is 349 g/mol. The summed E-state index contributed by atoms with van der Waals surface area (Å²) in [6.07, 6.45) is -3.85. The molecule has 0 aromatic heterocycles. The number of aliphatic carboxylic acids is 1. The van der Waals surface area contributed by atoms with Crippen LogP contribution in [0.15, 0.2) is 23.1 Å². The molecule has 0 aliphatic rings. The number of hydrogen-bond acceptors (Lipinski definition) is 4. The lowest BCUT2D eigenvalue weighted by molar-refractivity contribution is -0.139. The largest absolute Gasteiger partial charge is 0.480 e. The van der Waals surface area contributed by atoms with E-state index in [1.54, 1.807) is 6.92 Å². The van der Waals surface area contributed by atoms with Gasteiger partial charge in [-0.25, -0.2) is 8.42 Å². The van der Waals surface area contributed by atoms with Crippen molar-refractivity contribution < 1.29 is 31.5 Å². The zero-order valence-electron chi connectivity index (χ0n) is 12.6. The van der Waals surface area contributed by atoms with Gasteiger partial charge in [0, 0.05) is 0 Å². The minimum atomic E-state index is -4.91. The molecule has 0 amide bonds. The minimum absolute atomic E-state index is 0.00741. The van der Waals surface area contributed by atoms with Gasteiger partial charge in [0.15, 0.2) is 0 Å². The monoisotopic (exact) mass is 364 g/mol. The van der Waals surface area contributed by atoms with E-state index < -0.39 is 44.2 Å². The quantitative estimate of drug-likeness (QED) is 0.773.